The van der Waals surface area contributed by atoms with Gasteiger partial charge in [-0.3, -0.25) is 14.4 Å². The monoisotopic (exact) mass is 595 g/mol. The summed E-state index contributed by atoms with van der Waals surface area (Å²) in [5.74, 6) is -1.36. The van der Waals surface area contributed by atoms with E-state index in [0.29, 0.717) is 33.4 Å². The lowest BCUT2D eigenvalue weighted by atomic mass is 10.0. The number of para-hydroxylation sites is 3. The van der Waals surface area contributed by atoms with Crippen molar-refractivity contribution in [3.8, 4) is 11.5 Å². The van der Waals surface area contributed by atoms with E-state index in [1.807, 2.05) is 0 Å². The Bertz CT molecular complexity index is 1650. The molecule has 1 fully saturated rings. The van der Waals surface area contributed by atoms with Gasteiger partial charge in [0.05, 0.1) is 28.7 Å². The highest BCUT2D eigenvalue weighted by Gasteiger charge is 2.43. The molecule has 1 aliphatic rings. The molecule has 5 amide bonds. The van der Waals surface area contributed by atoms with Crippen molar-refractivity contribution < 1.29 is 28.7 Å². The van der Waals surface area contributed by atoms with Crippen LogP contribution in [0.1, 0.15) is 12.5 Å². The van der Waals surface area contributed by atoms with Crippen LogP contribution >= 0.6 is 11.6 Å². The number of nitrogens with zero attached hydrogens (tertiary/aromatic N) is 2. The van der Waals surface area contributed by atoms with Gasteiger partial charge < -0.3 is 14.8 Å². The van der Waals surface area contributed by atoms with E-state index < -0.39 is 23.8 Å². The summed E-state index contributed by atoms with van der Waals surface area (Å²) in [5, 5.41) is 3.08. The highest BCUT2D eigenvalue weighted by atomic mass is 35.5. The predicted octanol–water partition coefficient (Wildman–Crippen LogP) is 6.34. The van der Waals surface area contributed by atoms with Gasteiger partial charge in [0.15, 0.2) is 18.1 Å². The first-order valence-electron chi connectivity index (χ1n) is 13.4. The molecule has 0 spiro atoms. The lowest BCUT2D eigenvalue weighted by Crippen LogP contribution is -2.57. The Labute approximate surface area is 252 Å². The Kier molecular flexibility index (Phi) is 8.83. The van der Waals surface area contributed by atoms with Gasteiger partial charge in [-0.2, -0.15) is 0 Å². The third-order valence-electron chi connectivity index (χ3n) is 6.36. The molecular formula is C33H26ClN3O6. The molecule has 1 saturated heterocycles. The van der Waals surface area contributed by atoms with Gasteiger partial charge in [-0.1, -0.05) is 66.2 Å². The number of nitrogens with one attached hydrogen (secondary N) is 1. The first kappa shape index (κ1) is 29.1. The van der Waals surface area contributed by atoms with E-state index in [1.165, 1.54) is 6.08 Å². The molecule has 0 unspecified atom stereocenters. The number of anilines is 3. The number of halogens is 1. The van der Waals surface area contributed by atoms with Crippen molar-refractivity contribution in [2.75, 3.05) is 28.3 Å². The van der Waals surface area contributed by atoms with E-state index in [0.717, 1.165) is 9.80 Å². The normalized spacial score (nSPS) is 13.2. The van der Waals surface area contributed by atoms with Crippen LogP contribution in [-0.4, -0.2) is 37.0 Å². The third-order valence-corrected chi connectivity index (χ3v) is 6.69. The molecule has 216 valence electrons. The molecule has 4 aromatic rings. The van der Waals surface area contributed by atoms with Crippen LogP contribution in [0.4, 0.5) is 21.9 Å². The summed E-state index contributed by atoms with van der Waals surface area (Å²) in [4.78, 5) is 55.2. The predicted molar refractivity (Wildman–Crippen MR) is 164 cm³/mol. The third kappa shape index (κ3) is 6.42. The molecule has 1 N–H and O–H groups in total. The van der Waals surface area contributed by atoms with E-state index in [-0.39, 0.29) is 24.5 Å². The van der Waals surface area contributed by atoms with E-state index >= 15 is 0 Å². The van der Waals surface area contributed by atoms with Crippen LogP contribution in [0.25, 0.3) is 6.08 Å². The summed E-state index contributed by atoms with van der Waals surface area (Å²) in [5.41, 5.74) is 1.33. The van der Waals surface area contributed by atoms with Gasteiger partial charge in [-0.25, -0.2) is 14.6 Å². The molecule has 9 nitrogen and oxygen atoms in total. The smallest absolute Gasteiger partial charge is 0.343 e. The minimum atomic E-state index is -0.779. The van der Waals surface area contributed by atoms with Gasteiger partial charge in [0, 0.05) is 0 Å². The minimum Gasteiger partial charge on any atom is -0.490 e. The first-order valence-corrected chi connectivity index (χ1v) is 13.7. The molecule has 1 heterocycles. The van der Waals surface area contributed by atoms with Crippen molar-refractivity contribution in [3.05, 3.63) is 119 Å². The zero-order chi connectivity index (χ0) is 30.3. The number of hydrogen-bond acceptors (Lipinski definition) is 6. The number of imide groups is 2. The Morgan fingerprint density at radius 2 is 1.35 bits per heavy atom. The molecule has 0 aromatic heterocycles. The number of ether oxygens (including phenoxy) is 2. The van der Waals surface area contributed by atoms with Crippen molar-refractivity contribution in [2.45, 2.75) is 6.92 Å². The number of amides is 5. The fraction of sp³-hybridized carbons (Fsp3) is 0.0909. The van der Waals surface area contributed by atoms with Crippen LogP contribution in [0.15, 0.2) is 109 Å². The highest BCUT2D eigenvalue weighted by Crippen LogP contribution is 2.33. The van der Waals surface area contributed by atoms with Crippen LogP contribution in [0.2, 0.25) is 5.02 Å². The molecule has 0 atom stereocenters. The fourth-order valence-corrected chi connectivity index (χ4v) is 4.58. The van der Waals surface area contributed by atoms with Crippen LogP contribution < -0.4 is 24.6 Å². The summed E-state index contributed by atoms with van der Waals surface area (Å²) >= 11 is 6.11. The van der Waals surface area contributed by atoms with Gasteiger partial charge >= 0.3 is 6.03 Å². The highest BCUT2D eigenvalue weighted by molar-refractivity contribution is 6.46. The van der Waals surface area contributed by atoms with Crippen molar-refractivity contribution in [2.24, 2.45) is 0 Å². The average molecular weight is 596 g/mol. The topological polar surface area (TPSA) is 105 Å². The summed E-state index contributed by atoms with van der Waals surface area (Å²) in [6.07, 6.45) is 1.40. The Balaban J connectivity index is 1.44. The maximum Gasteiger partial charge on any atom is 0.343 e. The van der Waals surface area contributed by atoms with Crippen LogP contribution in [0, 0.1) is 0 Å². The zero-order valence-electron chi connectivity index (χ0n) is 23.0. The molecule has 0 saturated carbocycles. The molecule has 5 rings (SSSR count). The quantitative estimate of drug-likeness (QED) is 0.179. The van der Waals surface area contributed by atoms with Gasteiger partial charge in [0.25, 0.3) is 17.7 Å². The molecule has 1 aliphatic heterocycles. The van der Waals surface area contributed by atoms with E-state index in [9.17, 15) is 19.2 Å². The Morgan fingerprint density at radius 1 is 0.767 bits per heavy atom. The van der Waals surface area contributed by atoms with Crippen LogP contribution in [-0.2, 0) is 14.4 Å². The number of benzene rings is 4. The summed E-state index contributed by atoms with van der Waals surface area (Å²) in [6.45, 7) is 1.76. The second-order valence-electron chi connectivity index (χ2n) is 9.25. The molecule has 0 aliphatic carbocycles. The number of rotatable bonds is 9. The Morgan fingerprint density at radius 3 is 1.93 bits per heavy atom. The van der Waals surface area contributed by atoms with Crippen LogP contribution in [0.5, 0.6) is 11.5 Å². The zero-order valence-corrected chi connectivity index (χ0v) is 23.8. The maximum absolute atomic E-state index is 13.6. The molecule has 4 aromatic carbocycles. The lowest BCUT2D eigenvalue weighted by Gasteiger charge is -2.33. The van der Waals surface area contributed by atoms with Gasteiger partial charge in [0.2, 0.25) is 0 Å². The van der Waals surface area contributed by atoms with Gasteiger partial charge in [-0.05, 0) is 67.1 Å². The van der Waals surface area contributed by atoms with Crippen molar-refractivity contribution in [1.82, 2.24) is 0 Å². The minimum absolute atomic E-state index is 0.220. The standard InChI is InChI=1S/C33H26ClN3O6/c1-2-42-29-20-22(17-18-28(29)43-21-30(38)35-27-16-10-9-15-26(27)34)19-25-31(39)36(23-11-5-3-6-12-23)33(41)37(32(25)40)24-13-7-4-8-14-24/h3-20H,2,21H2,1H3,(H,35,38). The van der Waals surface area contributed by atoms with Crippen molar-refractivity contribution >= 4 is 58.5 Å². The second kappa shape index (κ2) is 13.1. The SMILES string of the molecule is CCOc1cc(C=C2C(=O)N(c3ccccc3)C(=O)N(c3ccccc3)C2=O)ccc1OCC(=O)Nc1ccccc1Cl. The number of carbonyl (C=O) groups excluding carboxylic acids is 4. The number of urea groups is 1. The van der Waals surface area contributed by atoms with Crippen molar-refractivity contribution in [3.63, 3.8) is 0 Å². The molecule has 0 radical (unpaired) electrons. The van der Waals surface area contributed by atoms with Crippen LogP contribution in [0.3, 0.4) is 0 Å². The lowest BCUT2D eigenvalue weighted by molar-refractivity contribution is -0.121. The van der Waals surface area contributed by atoms with Gasteiger partial charge in [0.1, 0.15) is 5.57 Å². The molecule has 43 heavy (non-hydrogen) atoms. The van der Waals surface area contributed by atoms with E-state index in [4.69, 9.17) is 21.1 Å². The van der Waals surface area contributed by atoms with Crippen molar-refractivity contribution in [1.29, 1.82) is 0 Å². The molecule has 0 bridgehead atoms. The number of carbonyl (C=O) groups is 4. The number of hydrogen-bond donors (Lipinski definition) is 1. The Hall–Kier alpha value is -5.41. The first-order chi connectivity index (χ1) is 20.9. The van der Waals surface area contributed by atoms with Gasteiger partial charge in [-0.15, -0.1) is 0 Å². The summed E-state index contributed by atoms with van der Waals surface area (Å²) in [7, 11) is 0. The molecule has 10 heteroatoms. The summed E-state index contributed by atoms with van der Waals surface area (Å²) in [6, 6.07) is 27.6. The second-order valence-corrected chi connectivity index (χ2v) is 9.66. The largest absolute Gasteiger partial charge is 0.490 e. The number of barbiturate groups is 1. The average Bonchev–Trinajstić information content (AvgIpc) is 3.01. The summed E-state index contributed by atoms with van der Waals surface area (Å²) < 4.78 is 11.5. The maximum atomic E-state index is 13.6. The van der Waals surface area contributed by atoms with E-state index in [1.54, 1.807) is 110 Å². The fourth-order valence-electron chi connectivity index (χ4n) is 4.40. The van der Waals surface area contributed by atoms with E-state index in [2.05, 4.69) is 5.32 Å². The molecular weight excluding hydrogens is 570 g/mol.